The van der Waals surface area contributed by atoms with Crippen LogP contribution in [0.3, 0.4) is 0 Å². The van der Waals surface area contributed by atoms with Crippen LogP contribution >= 0.6 is 0 Å². The molecule has 1 fully saturated rings. The van der Waals surface area contributed by atoms with Crippen molar-refractivity contribution in [2.45, 2.75) is 31.1 Å². The molecule has 0 unspecified atom stereocenters. The van der Waals surface area contributed by atoms with Crippen molar-refractivity contribution in [3.8, 4) is 0 Å². The van der Waals surface area contributed by atoms with Crippen LogP contribution in [0.1, 0.15) is 35.2 Å². The number of ether oxygens (including phenoxy) is 1. The van der Waals surface area contributed by atoms with Crippen LogP contribution in [0.15, 0.2) is 54.6 Å². The maximum absolute atomic E-state index is 12.5. The van der Waals surface area contributed by atoms with Crippen LogP contribution in [-0.4, -0.2) is 45.2 Å². The Morgan fingerprint density at radius 1 is 1.03 bits per heavy atom. The van der Waals surface area contributed by atoms with E-state index in [0.29, 0.717) is 30.0 Å². The van der Waals surface area contributed by atoms with E-state index < -0.39 is 15.7 Å². The molecule has 0 bridgehead atoms. The molecule has 0 aromatic heterocycles. The zero-order valence-electron chi connectivity index (χ0n) is 16.7. The molecule has 2 N–H and O–H groups in total. The van der Waals surface area contributed by atoms with Gasteiger partial charge in [-0.05, 0) is 30.5 Å². The molecule has 1 saturated heterocycles. The Labute approximate surface area is 176 Å². The summed E-state index contributed by atoms with van der Waals surface area (Å²) < 4.78 is 30.1. The number of nitrogens with one attached hydrogen (secondary N) is 2. The van der Waals surface area contributed by atoms with Crippen molar-refractivity contribution in [2.24, 2.45) is 0 Å². The van der Waals surface area contributed by atoms with Crippen molar-refractivity contribution in [3.05, 3.63) is 65.7 Å². The second kappa shape index (κ2) is 10.4. The van der Waals surface area contributed by atoms with E-state index in [9.17, 15) is 18.0 Å². The minimum Gasteiger partial charge on any atom is -0.376 e. The number of carbonyl (C=O) groups is 2. The number of anilines is 1. The quantitative estimate of drug-likeness (QED) is 0.637. The lowest BCUT2D eigenvalue weighted by atomic mass is 10.1. The van der Waals surface area contributed by atoms with Gasteiger partial charge in [0.2, 0.25) is 5.91 Å². The summed E-state index contributed by atoms with van der Waals surface area (Å²) in [6.07, 6.45) is 1.74. The van der Waals surface area contributed by atoms with Crippen molar-refractivity contribution in [2.75, 3.05) is 24.2 Å². The van der Waals surface area contributed by atoms with Gasteiger partial charge in [0.1, 0.15) is 0 Å². The molecule has 0 aliphatic carbocycles. The lowest BCUT2D eigenvalue weighted by Gasteiger charge is -2.14. The SMILES string of the molecule is O=C(CCS(=O)(=O)Cc1ccccc1)Nc1ccccc1C(=O)NC[C@@H]1CCCO1. The molecule has 8 heteroatoms. The topological polar surface area (TPSA) is 102 Å². The van der Waals surface area contributed by atoms with E-state index in [0.717, 1.165) is 12.8 Å². The largest absolute Gasteiger partial charge is 0.376 e. The number of para-hydroxylation sites is 1. The highest BCUT2D eigenvalue weighted by atomic mass is 32.2. The van der Waals surface area contributed by atoms with Gasteiger partial charge >= 0.3 is 0 Å². The number of carbonyl (C=O) groups excluding carboxylic acids is 2. The first-order valence-electron chi connectivity index (χ1n) is 9.96. The van der Waals surface area contributed by atoms with Gasteiger partial charge in [0.15, 0.2) is 9.84 Å². The molecule has 30 heavy (non-hydrogen) atoms. The van der Waals surface area contributed by atoms with Crippen molar-refractivity contribution in [1.82, 2.24) is 5.32 Å². The predicted octanol–water partition coefficient (Wildman–Crippen LogP) is 2.54. The van der Waals surface area contributed by atoms with E-state index in [4.69, 9.17) is 4.74 Å². The Bertz CT molecular complexity index is 970. The maximum Gasteiger partial charge on any atom is 0.253 e. The Balaban J connectivity index is 1.54. The molecule has 1 atom stereocenters. The normalized spacial score (nSPS) is 16.2. The highest BCUT2D eigenvalue weighted by Crippen LogP contribution is 2.17. The molecule has 0 saturated carbocycles. The molecule has 0 spiro atoms. The lowest BCUT2D eigenvalue weighted by molar-refractivity contribution is -0.115. The van der Waals surface area contributed by atoms with Gasteiger partial charge in [-0.15, -0.1) is 0 Å². The number of hydrogen-bond donors (Lipinski definition) is 2. The number of amides is 2. The average molecular weight is 431 g/mol. The first-order valence-corrected chi connectivity index (χ1v) is 11.8. The predicted molar refractivity (Wildman–Crippen MR) is 115 cm³/mol. The molecule has 0 radical (unpaired) electrons. The summed E-state index contributed by atoms with van der Waals surface area (Å²) in [5.41, 5.74) is 1.37. The lowest BCUT2D eigenvalue weighted by Crippen LogP contribution is -2.32. The van der Waals surface area contributed by atoms with Crippen molar-refractivity contribution >= 4 is 27.3 Å². The van der Waals surface area contributed by atoms with Gasteiger partial charge in [0.05, 0.1) is 28.9 Å². The first-order chi connectivity index (χ1) is 14.4. The molecular formula is C22H26N2O5S. The zero-order chi connectivity index (χ0) is 21.4. The molecule has 2 aromatic rings. The number of sulfone groups is 1. The van der Waals surface area contributed by atoms with E-state index in [1.165, 1.54) is 0 Å². The molecule has 1 aliphatic rings. The third-order valence-corrected chi connectivity index (χ3v) is 6.43. The summed E-state index contributed by atoms with van der Waals surface area (Å²) >= 11 is 0. The minimum atomic E-state index is -3.42. The molecule has 3 rings (SSSR count). The van der Waals surface area contributed by atoms with Crippen LogP contribution < -0.4 is 10.6 Å². The Hall–Kier alpha value is -2.71. The summed E-state index contributed by atoms with van der Waals surface area (Å²) in [6.45, 7) is 1.12. The molecular weight excluding hydrogens is 404 g/mol. The van der Waals surface area contributed by atoms with Gasteiger partial charge in [-0.2, -0.15) is 0 Å². The van der Waals surface area contributed by atoms with E-state index in [2.05, 4.69) is 10.6 Å². The van der Waals surface area contributed by atoms with Gasteiger partial charge in [-0.1, -0.05) is 42.5 Å². The average Bonchev–Trinajstić information content (AvgIpc) is 3.25. The highest BCUT2D eigenvalue weighted by Gasteiger charge is 2.19. The van der Waals surface area contributed by atoms with E-state index in [-0.39, 0.29) is 29.9 Å². The van der Waals surface area contributed by atoms with Crippen LogP contribution in [0.2, 0.25) is 0 Å². The van der Waals surface area contributed by atoms with Gasteiger partial charge in [0.25, 0.3) is 5.91 Å². The molecule has 1 aliphatic heterocycles. The molecule has 1 heterocycles. The summed E-state index contributed by atoms with van der Waals surface area (Å²) in [5, 5.41) is 5.49. The standard InChI is InChI=1S/C22H26N2O5S/c25-21(12-14-30(27,28)16-17-7-2-1-3-8-17)24-20-11-5-4-10-19(20)22(26)23-15-18-9-6-13-29-18/h1-5,7-8,10-11,18H,6,9,12-16H2,(H,23,26)(H,24,25)/t18-/m0/s1. The fraction of sp³-hybridized carbons (Fsp3) is 0.364. The minimum absolute atomic E-state index is 0.0190. The van der Waals surface area contributed by atoms with Crippen LogP contribution in [0, 0.1) is 0 Å². The highest BCUT2D eigenvalue weighted by molar-refractivity contribution is 7.90. The van der Waals surface area contributed by atoms with Crippen LogP contribution in [0.5, 0.6) is 0 Å². The smallest absolute Gasteiger partial charge is 0.253 e. The fourth-order valence-electron chi connectivity index (χ4n) is 3.26. The van der Waals surface area contributed by atoms with Crippen LogP contribution in [0.25, 0.3) is 0 Å². The molecule has 2 amide bonds. The third kappa shape index (κ3) is 6.67. The third-order valence-electron chi connectivity index (χ3n) is 4.83. The fourth-order valence-corrected chi connectivity index (χ4v) is 4.60. The van der Waals surface area contributed by atoms with Gasteiger partial charge in [0, 0.05) is 19.6 Å². The maximum atomic E-state index is 12.5. The molecule has 160 valence electrons. The van der Waals surface area contributed by atoms with Crippen LogP contribution in [0.4, 0.5) is 5.69 Å². The number of hydrogen-bond acceptors (Lipinski definition) is 5. The Morgan fingerprint density at radius 2 is 1.77 bits per heavy atom. The molecule has 7 nitrogen and oxygen atoms in total. The first kappa shape index (κ1) is 22.0. The second-order valence-electron chi connectivity index (χ2n) is 7.27. The second-order valence-corrected chi connectivity index (χ2v) is 9.45. The van der Waals surface area contributed by atoms with E-state index in [1.54, 1.807) is 48.5 Å². The van der Waals surface area contributed by atoms with Crippen molar-refractivity contribution in [1.29, 1.82) is 0 Å². The monoisotopic (exact) mass is 430 g/mol. The van der Waals surface area contributed by atoms with E-state index in [1.807, 2.05) is 6.07 Å². The Kier molecular flexibility index (Phi) is 7.59. The summed E-state index contributed by atoms with van der Waals surface area (Å²) in [7, 11) is -3.42. The molecule has 2 aromatic carbocycles. The van der Waals surface area contributed by atoms with Crippen molar-refractivity contribution < 1.29 is 22.7 Å². The van der Waals surface area contributed by atoms with Gasteiger partial charge in [-0.3, -0.25) is 9.59 Å². The Morgan fingerprint density at radius 3 is 2.50 bits per heavy atom. The zero-order valence-corrected chi connectivity index (χ0v) is 17.5. The van der Waals surface area contributed by atoms with Gasteiger partial charge in [-0.25, -0.2) is 8.42 Å². The van der Waals surface area contributed by atoms with Gasteiger partial charge < -0.3 is 15.4 Å². The van der Waals surface area contributed by atoms with E-state index >= 15 is 0 Å². The van der Waals surface area contributed by atoms with Crippen molar-refractivity contribution in [3.63, 3.8) is 0 Å². The number of benzene rings is 2. The summed E-state index contributed by atoms with van der Waals surface area (Å²) in [5.74, 6) is -1.13. The summed E-state index contributed by atoms with van der Waals surface area (Å²) in [4.78, 5) is 24.8. The van der Waals surface area contributed by atoms with Crippen LogP contribution in [-0.2, 0) is 25.1 Å². The number of rotatable bonds is 9. The summed E-state index contributed by atoms with van der Waals surface area (Å²) in [6, 6.07) is 15.5.